The first kappa shape index (κ1) is 12.1. The second-order valence-electron chi connectivity index (χ2n) is 4.47. The molecule has 3 aromatic rings. The molecule has 19 heavy (non-hydrogen) atoms. The zero-order valence-electron chi connectivity index (χ0n) is 11.1. The number of nitrogens with zero attached hydrogens (tertiary/aromatic N) is 1. The lowest BCUT2D eigenvalue weighted by Crippen LogP contribution is -2.08. The van der Waals surface area contributed by atoms with Crippen molar-refractivity contribution in [2.24, 2.45) is 0 Å². The standard InChI is InChI=1S/C16H16N2S/c1-17-12-7-9-13(10-8-12)18(2)15-11-19-16-6-4-3-5-14(15)16/h3-11,17H,1-2H3. The highest BCUT2D eigenvalue weighted by molar-refractivity contribution is 7.17. The van der Waals surface area contributed by atoms with Crippen LogP contribution in [-0.2, 0) is 0 Å². The minimum Gasteiger partial charge on any atom is -0.388 e. The molecule has 0 saturated carbocycles. The van der Waals surface area contributed by atoms with Gasteiger partial charge in [0, 0.05) is 40.9 Å². The third-order valence-corrected chi connectivity index (χ3v) is 4.32. The molecule has 0 radical (unpaired) electrons. The second kappa shape index (κ2) is 4.94. The molecule has 0 fully saturated rings. The van der Waals surface area contributed by atoms with E-state index in [4.69, 9.17) is 0 Å². The van der Waals surface area contributed by atoms with Gasteiger partial charge >= 0.3 is 0 Å². The van der Waals surface area contributed by atoms with Crippen LogP contribution in [-0.4, -0.2) is 14.1 Å². The van der Waals surface area contributed by atoms with Gasteiger partial charge in [-0.25, -0.2) is 0 Å². The normalized spacial score (nSPS) is 10.6. The van der Waals surface area contributed by atoms with Crippen LogP contribution >= 0.6 is 11.3 Å². The summed E-state index contributed by atoms with van der Waals surface area (Å²) in [5.74, 6) is 0. The zero-order chi connectivity index (χ0) is 13.2. The van der Waals surface area contributed by atoms with Crippen molar-refractivity contribution in [3.05, 3.63) is 53.9 Å². The molecule has 0 aliphatic carbocycles. The highest BCUT2D eigenvalue weighted by Gasteiger charge is 2.09. The van der Waals surface area contributed by atoms with Gasteiger partial charge in [-0.1, -0.05) is 18.2 Å². The molecule has 1 heterocycles. The van der Waals surface area contributed by atoms with Crippen LogP contribution in [0.5, 0.6) is 0 Å². The Kier molecular flexibility index (Phi) is 3.13. The molecule has 3 heteroatoms. The van der Waals surface area contributed by atoms with Gasteiger partial charge in [-0.15, -0.1) is 11.3 Å². The van der Waals surface area contributed by atoms with E-state index in [1.807, 2.05) is 7.05 Å². The van der Waals surface area contributed by atoms with Crippen molar-refractivity contribution in [3.8, 4) is 0 Å². The summed E-state index contributed by atoms with van der Waals surface area (Å²) in [6, 6.07) is 17.0. The Labute approximate surface area is 117 Å². The van der Waals surface area contributed by atoms with E-state index >= 15 is 0 Å². The average Bonchev–Trinajstić information content (AvgIpc) is 2.90. The maximum atomic E-state index is 3.14. The van der Waals surface area contributed by atoms with Gasteiger partial charge in [0.1, 0.15) is 0 Å². The minimum atomic E-state index is 1.13. The molecule has 0 atom stereocenters. The van der Waals surface area contributed by atoms with E-state index in [2.05, 4.69) is 71.2 Å². The van der Waals surface area contributed by atoms with E-state index in [1.54, 1.807) is 11.3 Å². The number of hydrogen-bond donors (Lipinski definition) is 1. The highest BCUT2D eigenvalue weighted by Crippen LogP contribution is 2.35. The van der Waals surface area contributed by atoms with Gasteiger partial charge in [0.25, 0.3) is 0 Å². The molecule has 0 saturated heterocycles. The Morgan fingerprint density at radius 2 is 1.74 bits per heavy atom. The van der Waals surface area contributed by atoms with Crippen LogP contribution < -0.4 is 10.2 Å². The predicted molar refractivity (Wildman–Crippen MR) is 85.9 cm³/mol. The van der Waals surface area contributed by atoms with Gasteiger partial charge in [-0.2, -0.15) is 0 Å². The Balaban J connectivity index is 2.00. The quantitative estimate of drug-likeness (QED) is 0.740. The molecular weight excluding hydrogens is 252 g/mol. The van der Waals surface area contributed by atoms with Crippen molar-refractivity contribution in [1.82, 2.24) is 0 Å². The zero-order valence-corrected chi connectivity index (χ0v) is 11.9. The SMILES string of the molecule is CNc1ccc(N(C)c2csc3ccccc23)cc1. The fourth-order valence-corrected chi connectivity index (χ4v) is 3.19. The van der Waals surface area contributed by atoms with Crippen LogP contribution in [0.4, 0.5) is 17.1 Å². The summed E-state index contributed by atoms with van der Waals surface area (Å²) >= 11 is 1.79. The summed E-state index contributed by atoms with van der Waals surface area (Å²) in [5.41, 5.74) is 3.59. The van der Waals surface area contributed by atoms with Crippen LogP contribution in [0.15, 0.2) is 53.9 Å². The molecule has 0 spiro atoms. The van der Waals surface area contributed by atoms with Crippen LogP contribution in [0, 0.1) is 0 Å². The summed E-state index contributed by atoms with van der Waals surface area (Å²) in [6.07, 6.45) is 0. The summed E-state index contributed by atoms with van der Waals surface area (Å²) < 4.78 is 1.33. The number of rotatable bonds is 3. The summed E-state index contributed by atoms with van der Waals surface area (Å²) in [6.45, 7) is 0. The monoisotopic (exact) mass is 268 g/mol. The van der Waals surface area contributed by atoms with Gasteiger partial charge in [0.2, 0.25) is 0 Å². The van der Waals surface area contributed by atoms with Crippen molar-refractivity contribution in [2.75, 3.05) is 24.3 Å². The maximum Gasteiger partial charge on any atom is 0.0596 e. The second-order valence-corrected chi connectivity index (χ2v) is 5.38. The van der Waals surface area contributed by atoms with Crippen LogP contribution in [0.25, 0.3) is 10.1 Å². The molecule has 0 amide bonds. The molecule has 1 N–H and O–H groups in total. The van der Waals surface area contributed by atoms with Crippen molar-refractivity contribution >= 4 is 38.5 Å². The van der Waals surface area contributed by atoms with Crippen molar-refractivity contribution in [3.63, 3.8) is 0 Å². The fraction of sp³-hybridized carbons (Fsp3) is 0.125. The number of benzene rings is 2. The van der Waals surface area contributed by atoms with E-state index in [0.29, 0.717) is 0 Å². The van der Waals surface area contributed by atoms with Crippen molar-refractivity contribution in [2.45, 2.75) is 0 Å². The molecule has 0 aliphatic rings. The number of hydrogen-bond acceptors (Lipinski definition) is 3. The Bertz CT molecular complexity index is 685. The summed E-state index contributed by atoms with van der Waals surface area (Å²) in [4.78, 5) is 2.23. The number of nitrogens with one attached hydrogen (secondary N) is 1. The van der Waals surface area contributed by atoms with Gasteiger partial charge in [-0.3, -0.25) is 0 Å². The molecule has 3 rings (SSSR count). The maximum absolute atomic E-state index is 3.14. The lowest BCUT2D eigenvalue weighted by atomic mass is 10.2. The smallest absolute Gasteiger partial charge is 0.0596 e. The summed E-state index contributed by atoms with van der Waals surface area (Å²) in [7, 11) is 4.05. The Hall–Kier alpha value is -2.00. The Morgan fingerprint density at radius 3 is 2.47 bits per heavy atom. The first-order chi connectivity index (χ1) is 9.29. The van der Waals surface area contributed by atoms with Crippen molar-refractivity contribution in [1.29, 1.82) is 0 Å². The molecule has 2 aromatic carbocycles. The van der Waals surface area contributed by atoms with Crippen LogP contribution in [0.1, 0.15) is 0 Å². The average molecular weight is 268 g/mol. The number of anilines is 3. The molecular formula is C16H16N2S. The first-order valence-electron chi connectivity index (χ1n) is 6.27. The van der Waals surface area contributed by atoms with Gasteiger partial charge in [0.05, 0.1) is 5.69 Å². The minimum absolute atomic E-state index is 1.13. The van der Waals surface area contributed by atoms with Gasteiger partial charge < -0.3 is 10.2 Å². The van der Waals surface area contributed by atoms with Crippen LogP contribution in [0.2, 0.25) is 0 Å². The molecule has 2 nitrogen and oxygen atoms in total. The van der Waals surface area contributed by atoms with E-state index in [9.17, 15) is 0 Å². The summed E-state index contributed by atoms with van der Waals surface area (Å²) in [5, 5.41) is 6.67. The fourth-order valence-electron chi connectivity index (χ4n) is 2.21. The third kappa shape index (κ3) is 2.17. The van der Waals surface area contributed by atoms with E-state index in [0.717, 1.165) is 5.69 Å². The predicted octanol–water partition coefficient (Wildman–Crippen LogP) is 4.71. The number of fused-ring (bicyclic) bond motifs is 1. The molecule has 0 bridgehead atoms. The van der Waals surface area contributed by atoms with Gasteiger partial charge in [-0.05, 0) is 30.3 Å². The molecule has 96 valence electrons. The topological polar surface area (TPSA) is 15.3 Å². The largest absolute Gasteiger partial charge is 0.388 e. The molecule has 0 unspecified atom stereocenters. The van der Waals surface area contributed by atoms with E-state index in [-0.39, 0.29) is 0 Å². The van der Waals surface area contributed by atoms with E-state index in [1.165, 1.54) is 21.5 Å². The van der Waals surface area contributed by atoms with Gasteiger partial charge in [0.15, 0.2) is 0 Å². The lowest BCUT2D eigenvalue weighted by molar-refractivity contribution is 1.23. The molecule has 1 aromatic heterocycles. The Morgan fingerprint density at radius 1 is 1.00 bits per heavy atom. The number of thiophene rings is 1. The van der Waals surface area contributed by atoms with Crippen LogP contribution in [0.3, 0.4) is 0 Å². The molecule has 0 aliphatic heterocycles. The van der Waals surface area contributed by atoms with E-state index < -0.39 is 0 Å². The first-order valence-corrected chi connectivity index (χ1v) is 7.15. The lowest BCUT2D eigenvalue weighted by Gasteiger charge is -2.19. The third-order valence-electron chi connectivity index (χ3n) is 3.37. The van der Waals surface area contributed by atoms with Crippen molar-refractivity contribution < 1.29 is 0 Å². The highest BCUT2D eigenvalue weighted by atomic mass is 32.1.